The summed E-state index contributed by atoms with van der Waals surface area (Å²) in [6.07, 6.45) is 7.05. The van der Waals surface area contributed by atoms with Crippen molar-refractivity contribution in [2.45, 2.75) is 51.6 Å². The Hall–Kier alpha value is -2.05. The van der Waals surface area contributed by atoms with Crippen LogP contribution in [-0.2, 0) is 17.7 Å². The van der Waals surface area contributed by atoms with Crippen LogP contribution < -0.4 is 14.8 Å². The number of benzene rings is 1. The highest BCUT2D eigenvalue weighted by molar-refractivity contribution is 5.96. The second-order valence-corrected chi connectivity index (χ2v) is 9.30. The van der Waals surface area contributed by atoms with Gasteiger partial charge in [0.15, 0.2) is 11.5 Å². The number of methoxy groups -OCH3 is 1. The molecule has 1 aromatic carbocycles. The van der Waals surface area contributed by atoms with E-state index in [-0.39, 0.29) is 6.10 Å². The van der Waals surface area contributed by atoms with Gasteiger partial charge in [-0.25, -0.2) is 0 Å². The van der Waals surface area contributed by atoms with E-state index in [0.717, 1.165) is 67.1 Å². The Morgan fingerprint density at radius 1 is 1.20 bits per heavy atom. The average Bonchev–Trinajstić information content (AvgIpc) is 3.48. The fraction of sp³-hybridized carbons (Fsp3) is 0.625. The first kappa shape index (κ1) is 19.9. The van der Waals surface area contributed by atoms with Gasteiger partial charge in [0.2, 0.25) is 0 Å². The molecule has 6 nitrogen and oxygen atoms in total. The largest absolute Gasteiger partial charge is 0.493 e. The lowest BCUT2D eigenvalue weighted by Gasteiger charge is -2.29. The zero-order chi connectivity index (χ0) is 20.7. The summed E-state index contributed by atoms with van der Waals surface area (Å²) in [5.41, 5.74) is 4.87. The molecule has 3 aliphatic rings. The molecule has 0 spiro atoms. The summed E-state index contributed by atoms with van der Waals surface area (Å²) < 4.78 is 11.9. The Balaban J connectivity index is 1.46. The van der Waals surface area contributed by atoms with E-state index in [2.05, 4.69) is 18.3 Å². The number of hydrogen-bond acceptors (Lipinski definition) is 6. The minimum atomic E-state index is 0.0775. The van der Waals surface area contributed by atoms with E-state index in [4.69, 9.17) is 19.3 Å². The van der Waals surface area contributed by atoms with Crippen molar-refractivity contribution in [1.29, 1.82) is 0 Å². The van der Waals surface area contributed by atoms with Crippen LogP contribution >= 0.6 is 0 Å². The topological polar surface area (TPSA) is 55.8 Å². The first-order valence-corrected chi connectivity index (χ1v) is 11.4. The summed E-state index contributed by atoms with van der Waals surface area (Å²) in [6.45, 7) is 4.85. The minimum Gasteiger partial charge on any atom is -0.493 e. The maximum absolute atomic E-state index is 6.18. The molecule has 2 heterocycles. The molecule has 5 rings (SSSR count). The number of ether oxygens (including phenoxy) is 2. The monoisotopic (exact) mass is 411 g/mol. The molecule has 2 aliphatic carbocycles. The van der Waals surface area contributed by atoms with Crippen LogP contribution in [0.3, 0.4) is 0 Å². The Labute approximate surface area is 178 Å². The molecule has 0 bridgehead atoms. The average molecular weight is 412 g/mol. The van der Waals surface area contributed by atoms with Crippen molar-refractivity contribution in [1.82, 2.24) is 10.0 Å². The van der Waals surface area contributed by atoms with E-state index < -0.39 is 0 Å². The molecule has 0 radical (unpaired) electrons. The zero-order valence-electron chi connectivity index (χ0n) is 18.4. The van der Waals surface area contributed by atoms with Crippen LogP contribution in [0.4, 0.5) is 5.69 Å². The van der Waals surface area contributed by atoms with E-state index in [9.17, 15) is 0 Å². The fourth-order valence-corrected chi connectivity index (χ4v) is 4.74. The van der Waals surface area contributed by atoms with Crippen LogP contribution in [0.2, 0.25) is 0 Å². The van der Waals surface area contributed by atoms with Gasteiger partial charge in [0, 0.05) is 43.0 Å². The van der Waals surface area contributed by atoms with Crippen molar-refractivity contribution in [2.75, 3.05) is 39.2 Å². The number of nitrogens with zero attached hydrogens (tertiary/aromatic N) is 2. The highest BCUT2D eigenvalue weighted by atomic mass is 16.7. The smallest absolute Gasteiger partial charge is 0.163 e. The molecule has 0 amide bonds. The summed E-state index contributed by atoms with van der Waals surface area (Å²) in [7, 11) is 3.68. The number of pyridine rings is 1. The number of aromatic nitrogens is 1. The van der Waals surface area contributed by atoms with Crippen LogP contribution in [-0.4, -0.2) is 50.0 Å². The van der Waals surface area contributed by atoms with Gasteiger partial charge < -0.3 is 14.8 Å². The molecule has 1 N–H and O–H groups in total. The Bertz CT molecular complexity index is 928. The fourth-order valence-electron chi connectivity index (χ4n) is 4.74. The van der Waals surface area contributed by atoms with Crippen molar-refractivity contribution in [2.24, 2.45) is 11.8 Å². The first-order valence-electron chi connectivity index (χ1n) is 11.4. The molecular formula is C24H33N3O3. The highest BCUT2D eigenvalue weighted by Crippen LogP contribution is 2.41. The van der Waals surface area contributed by atoms with Crippen molar-refractivity contribution in [3.63, 3.8) is 0 Å². The SMILES string of the molecule is COc1cc2c(NCC3CC3)c3c(nc2cc1OCC1CCCN(C)O1)CC(C)C3. The zero-order valence-corrected chi connectivity index (χ0v) is 18.4. The summed E-state index contributed by atoms with van der Waals surface area (Å²) >= 11 is 0. The number of fused-ring (bicyclic) bond motifs is 2. The van der Waals surface area contributed by atoms with Gasteiger partial charge in [-0.15, -0.1) is 0 Å². The molecule has 1 aliphatic heterocycles. The van der Waals surface area contributed by atoms with Crippen LogP contribution in [0.5, 0.6) is 11.5 Å². The Kier molecular flexibility index (Phi) is 5.46. The van der Waals surface area contributed by atoms with E-state index in [1.54, 1.807) is 7.11 Å². The van der Waals surface area contributed by atoms with E-state index in [1.807, 2.05) is 18.2 Å². The number of nitrogens with one attached hydrogen (secondary N) is 1. The molecule has 2 unspecified atom stereocenters. The van der Waals surface area contributed by atoms with Crippen molar-refractivity contribution in [3.8, 4) is 11.5 Å². The molecule has 6 heteroatoms. The number of rotatable bonds is 7. The first-order chi connectivity index (χ1) is 14.6. The van der Waals surface area contributed by atoms with Crippen LogP contribution in [0.25, 0.3) is 10.9 Å². The van der Waals surface area contributed by atoms with Gasteiger partial charge in [-0.1, -0.05) is 6.92 Å². The summed E-state index contributed by atoms with van der Waals surface area (Å²) in [6, 6.07) is 4.15. The molecular weight excluding hydrogens is 378 g/mol. The number of hydroxylamine groups is 2. The standard InChI is InChI=1S/C24H33N3O3/c1-15-9-18-20(10-15)26-21-12-23(29-14-17-5-4-8-27(2)30-17)22(28-3)11-19(21)24(18)25-13-16-6-7-16/h11-12,15-17H,4-10,13-14H2,1-3H3,(H,25,26). The van der Waals surface area contributed by atoms with Crippen LogP contribution in [0.15, 0.2) is 12.1 Å². The molecule has 2 aromatic rings. The van der Waals surface area contributed by atoms with Gasteiger partial charge in [0.05, 0.1) is 12.6 Å². The van der Waals surface area contributed by atoms with Crippen LogP contribution in [0.1, 0.15) is 43.9 Å². The molecule has 1 aromatic heterocycles. The van der Waals surface area contributed by atoms with Gasteiger partial charge in [-0.3, -0.25) is 9.82 Å². The van der Waals surface area contributed by atoms with Crippen molar-refractivity contribution >= 4 is 16.6 Å². The number of anilines is 1. The van der Waals surface area contributed by atoms with Crippen LogP contribution in [0, 0.1) is 11.8 Å². The van der Waals surface area contributed by atoms with E-state index >= 15 is 0 Å². The van der Waals surface area contributed by atoms with Gasteiger partial charge in [-0.2, -0.15) is 5.06 Å². The molecule has 162 valence electrons. The van der Waals surface area contributed by atoms with Crippen molar-refractivity contribution < 1.29 is 14.3 Å². The van der Waals surface area contributed by atoms with E-state index in [1.165, 1.54) is 29.8 Å². The predicted octanol–water partition coefficient (Wildman–Crippen LogP) is 4.20. The number of hydrogen-bond donors (Lipinski definition) is 1. The third kappa shape index (κ3) is 4.08. The van der Waals surface area contributed by atoms with Gasteiger partial charge >= 0.3 is 0 Å². The molecule has 2 atom stereocenters. The predicted molar refractivity (Wildman–Crippen MR) is 118 cm³/mol. The summed E-state index contributed by atoms with van der Waals surface area (Å²) in [5, 5.41) is 6.81. The lowest BCUT2D eigenvalue weighted by molar-refractivity contribution is -0.212. The second kappa shape index (κ2) is 8.23. The lowest BCUT2D eigenvalue weighted by atomic mass is 10.0. The maximum atomic E-state index is 6.18. The second-order valence-electron chi connectivity index (χ2n) is 9.30. The molecule has 2 fully saturated rings. The minimum absolute atomic E-state index is 0.0775. The summed E-state index contributed by atoms with van der Waals surface area (Å²) in [5.74, 6) is 2.96. The third-order valence-electron chi connectivity index (χ3n) is 6.57. The van der Waals surface area contributed by atoms with E-state index in [0.29, 0.717) is 12.5 Å². The van der Waals surface area contributed by atoms with Gasteiger partial charge in [0.1, 0.15) is 12.7 Å². The van der Waals surface area contributed by atoms with Gasteiger partial charge in [-0.05, 0) is 62.0 Å². The molecule has 30 heavy (non-hydrogen) atoms. The lowest BCUT2D eigenvalue weighted by Crippen LogP contribution is -2.36. The highest BCUT2D eigenvalue weighted by Gasteiger charge is 2.27. The quantitative estimate of drug-likeness (QED) is 0.737. The summed E-state index contributed by atoms with van der Waals surface area (Å²) in [4.78, 5) is 10.9. The Morgan fingerprint density at radius 3 is 2.83 bits per heavy atom. The molecule has 1 saturated carbocycles. The maximum Gasteiger partial charge on any atom is 0.163 e. The Morgan fingerprint density at radius 2 is 2.07 bits per heavy atom. The normalized spacial score (nSPS) is 24.1. The van der Waals surface area contributed by atoms with Crippen molar-refractivity contribution in [3.05, 3.63) is 23.4 Å². The third-order valence-corrected chi connectivity index (χ3v) is 6.57. The molecule has 1 saturated heterocycles. The van der Waals surface area contributed by atoms with Gasteiger partial charge in [0.25, 0.3) is 0 Å².